The van der Waals surface area contributed by atoms with Crippen LogP contribution in [0, 0.1) is 0 Å². The van der Waals surface area contributed by atoms with Gasteiger partial charge in [0.1, 0.15) is 11.2 Å². The van der Waals surface area contributed by atoms with Gasteiger partial charge >= 0.3 is 0 Å². The second kappa shape index (κ2) is 32.8. The van der Waals surface area contributed by atoms with Crippen molar-refractivity contribution < 1.29 is 4.42 Å². The van der Waals surface area contributed by atoms with Gasteiger partial charge < -0.3 is 27.9 Å². The Morgan fingerprint density at radius 2 is 0.815 bits per heavy atom. The van der Waals surface area contributed by atoms with Gasteiger partial charge in [-0.3, -0.25) is 15.0 Å². The van der Waals surface area contributed by atoms with Gasteiger partial charge in [0.15, 0.2) is 5.82 Å². The molecule has 13 nitrogen and oxygen atoms in total. The molecule has 0 saturated heterocycles. The first kappa shape index (κ1) is 79.1. The quantitative estimate of drug-likeness (QED) is 0.131. The SMILES string of the molecule is CC1(C)c2cc(-c3cc(-c4ccccc4)nc(-c4ccccc4)n3)ccc2-c2ccccc2-c2nc3occc3nc21.c1ccc(-c2cc(-c3ccccc3)cc(-n3ccc4ccc5c(c43)-c3cccnc3-c3ncccc3N5c3ccccc3)c2)cc1.c1ccc(-n2ccc3ccc4c(c32)-c2ccncc2-c2ccccc2N4c2cccc(-n3c4ccccc4c4ccccc43)c2)cc1. The maximum Gasteiger partial charge on any atom is 0.245 e. The van der Waals surface area contributed by atoms with E-state index in [9.17, 15) is 0 Å². The fourth-order valence-electron chi connectivity index (χ4n) is 20.3. The minimum atomic E-state index is -0.449. The normalized spacial score (nSPS) is 12.4. The predicted octanol–water partition coefficient (Wildman–Crippen LogP) is 31.1. The van der Waals surface area contributed by atoms with E-state index in [1.54, 1.807) is 6.26 Å². The van der Waals surface area contributed by atoms with Gasteiger partial charge in [-0.25, -0.2) is 19.9 Å². The summed E-state index contributed by atoms with van der Waals surface area (Å²) in [6, 6.07) is 148. The van der Waals surface area contributed by atoms with Crippen molar-refractivity contribution in [3.8, 4) is 140 Å². The van der Waals surface area contributed by atoms with Crippen molar-refractivity contribution in [1.82, 2.24) is 48.6 Å². The van der Waals surface area contributed by atoms with E-state index < -0.39 is 5.41 Å². The van der Waals surface area contributed by atoms with Crippen LogP contribution in [0.25, 0.3) is 195 Å². The van der Waals surface area contributed by atoms with Crippen LogP contribution in [0.5, 0.6) is 0 Å². The summed E-state index contributed by atoms with van der Waals surface area (Å²) in [5.41, 5.74) is 39.8. The molecule has 2 aliphatic heterocycles. The molecule has 0 saturated carbocycles. The van der Waals surface area contributed by atoms with Gasteiger partial charge in [0.2, 0.25) is 5.71 Å². The van der Waals surface area contributed by atoms with Crippen LogP contribution in [0.3, 0.4) is 0 Å². The van der Waals surface area contributed by atoms with E-state index >= 15 is 0 Å². The summed E-state index contributed by atoms with van der Waals surface area (Å²) in [6.45, 7) is 4.46. The average Bonchev–Trinajstić information content (AvgIpc) is 1.57. The van der Waals surface area contributed by atoms with Crippen molar-refractivity contribution in [2.24, 2.45) is 0 Å². The van der Waals surface area contributed by atoms with Gasteiger partial charge in [-0.2, -0.15) is 0 Å². The summed E-state index contributed by atoms with van der Waals surface area (Å²) >= 11 is 0. The zero-order valence-electron chi connectivity index (χ0n) is 73.7. The third kappa shape index (κ3) is 13.7. The van der Waals surface area contributed by atoms with Gasteiger partial charge in [-0.05, 0) is 184 Å². The van der Waals surface area contributed by atoms with E-state index in [0.717, 1.165) is 157 Å². The van der Waals surface area contributed by atoms with Gasteiger partial charge in [0, 0.05) is 149 Å². The molecule has 636 valence electrons. The van der Waals surface area contributed by atoms with Crippen molar-refractivity contribution in [2.75, 3.05) is 9.80 Å². The summed E-state index contributed by atoms with van der Waals surface area (Å²) < 4.78 is 12.7. The highest BCUT2D eigenvalue weighted by Gasteiger charge is 2.38. The lowest BCUT2D eigenvalue weighted by Crippen LogP contribution is -2.22. The molecule has 0 radical (unpaired) electrons. The van der Waals surface area contributed by atoms with E-state index in [0.29, 0.717) is 11.5 Å². The third-order valence-corrected chi connectivity index (χ3v) is 26.6. The molecule has 0 spiro atoms. The molecule has 9 aromatic heterocycles. The first-order valence-electron chi connectivity index (χ1n) is 45.5. The Morgan fingerprint density at radius 3 is 1.49 bits per heavy atom. The Hall–Kier alpha value is -18.1. The molecule has 3 aliphatic rings. The smallest absolute Gasteiger partial charge is 0.245 e. The second-order valence-corrected chi connectivity index (χ2v) is 34.8. The number of nitrogens with zero attached hydrogens (tertiary/aromatic N) is 12. The highest BCUT2D eigenvalue weighted by atomic mass is 16.3. The number of fused-ring (bicyclic) bond motifs is 23. The van der Waals surface area contributed by atoms with Crippen LogP contribution in [0.2, 0.25) is 0 Å². The van der Waals surface area contributed by atoms with Gasteiger partial charge in [-0.15, -0.1) is 0 Å². The number of rotatable bonds is 10. The summed E-state index contributed by atoms with van der Waals surface area (Å²) in [7, 11) is 0. The molecule has 15 aromatic carbocycles. The molecule has 1 aliphatic carbocycles. The third-order valence-electron chi connectivity index (χ3n) is 26.6. The van der Waals surface area contributed by atoms with E-state index in [1.165, 1.54) is 71.7 Å². The number of para-hydroxylation sites is 5. The van der Waals surface area contributed by atoms with Crippen LogP contribution in [-0.2, 0) is 5.41 Å². The predicted molar refractivity (Wildman–Crippen MR) is 550 cm³/mol. The number of hydrogen-bond acceptors (Lipinski definition) is 10. The molecule has 24 aromatic rings. The van der Waals surface area contributed by atoms with Crippen molar-refractivity contribution >= 4 is 89.0 Å². The zero-order valence-corrected chi connectivity index (χ0v) is 73.7. The van der Waals surface area contributed by atoms with Gasteiger partial charge in [0.05, 0.1) is 79.5 Å². The van der Waals surface area contributed by atoms with E-state index in [1.807, 2.05) is 79.4 Å². The monoisotopic (exact) mass is 1730 g/mol. The van der Waals surface area contributed by atoms with E-state index in [2.05, 4.69) is 419 Å². The molecule has 135 heavy (non-hydrogen) atoms. The maximum absolute atomic E-state index is 5.67. The second-order valence-electron chi connectivity index (χ2n) is 34.8. The van der Waals surface area contributed by atoms with E-state index in [4.69, 9.17) is 34.3 Å². The number of hydrogen-bond donors (Lipinski definition) is 0. The van der Waals surface area contributed by atoms with Gasteiger partial charge in [0.25, 0.3) is 0 Å². The molecule has 0 bridgehead atoms. The first-order chi connectivity index (χ1) is 66.7. The number of benzene rings is 15. The number of aromatic nitrogens is 10. The van der Waals surface area contributed by atoms with Crippen LogP contribution in [0.4, 0.5) is 34.1 Å². The van der Waals surface area contributed by atoms with Crippen molar-refractivity contribution in [1.29, 1.82) is 0 Å². The number of anilines is 6. The highest BCUT2D eigenvalue weighted by molar-refractivity contribution is 6.14. The van der Waals surface area contributed by atoms with Crippen molar-refractivity contribution in [3.05, 3.63) is 473 Å². The fourth-order valence-corrected chi connectivity index (χ4v) is 20.3. The lowest BCUT2D eigenvalue weighted by Gasteiger charge is -2.28. The Kier molecular flexibility index (Phi) is 19.2. The molecule has 0 amide bonds. The Bertz CT molecular complexity index is 8560. The molecular formula is C122H82N12O. The summed E-state index contributed by atoms with van der Waals surface area (Å²) in [6.07, 6.45) is 13.7. The van der Waals surface area contributed by atoms with Crippen molar-refractivity contribution in [2.45, 2.75) is 19.3 Å². The van der Waals surface area contributed by atoms with Crippen LogP contribution in [0.15, 0.2) is 466 Å². The largest absolute Gasteiger partial charge is 0.445 e. The summed E-state index contributed by atoms with van der Waals surface area (Å²) in [5, 5.41) is 4.86. The fraction of sp³-hybridized carbons (Fsp3) is 0.0246. The minimum Gasteiger partial charge on any atom is -0.445 e. The number of pyridine rings is 3. The van der Waals surface area contributed by atoms with Crippen LogP contribution in [-0.4, -0.2) is 48.6 Å². The van der Waals surface area contributed by atoms with Gasteiger partial charge in [-0.1, -0.05) is 287 Å². The molecule has 0 unspecified atom stereocenters. The topological polar surface area (TPSA) is 125 Å². The molecule has 11 heterocycles. The summed E-state index contributed by atoms with van der Waals surface area (Å²) in [4.78, 5) is 39.4. The lowest BCUT2D eigenvalue weighted by atomic mass is 9.78. The molecule has 27 rings (SSSR count). The maximum atomic E-state index is 5.67. The Balaban J connectivity index is 0.000000108. The number of furan rings is 1. The molecule has 13 heteroatoms. The van der Waals surface area contributed by atoms with E-state index in [-0.39, 0.29) is 0 Å². The zero-order chi connectivity index (χ0) is 89.6. The standard InChI is InChI=1S/C43H28N4.C42H28N4.C37H26N4O/c1-2-11-30(12-3-1)45-26-24-29-21-22-41-42(43(29)45)36-23-25-44-28-37(36)35-17-6-9-20-40(35)47(41)32-14-10-13-31(27-32)46-38-18-7-4-15-33(38)34-16-5-8-19-39(34)46;1-4-12-29(13-5-1)32-26-33(30-14-6-2-7-15-30)28-35(27-32)45-25-22-31-20-21-37-39(42(31)45)36-18-10-23-43-40(36)41-38(19-11-24-44-41)46(37)34-16-8-3-9-17-34;1-37(2)29-21-25(32-22-31(23-11-5-3-6-12-23)39-35(40-32)24-13-7-4-8-14-24)17-18-27(29)26-15-9-10-16-28(26)33-34(37)38-30-19-20-42-36(30)41-33/h1-28H;1-28H;3-22H,1-2H3. The summed E-state index contributed by atoms with van der Waals surface area (Å²) in [5.74, 6) is 0.699. The van der Waals surface area contributed by atoms with Crippen molar-refractivity contribution in [3.63, 3.8) is 0 Å². The van der Waals surface area contributed by atoms with Crippen LogP contribution in [0.1, 0.15) is 25.1 Å². The Labute approximate surface area is 779 Å². The Morgan fingerprint density at radius 1 is 0.289 bits per heavy atom. The molecular weight excluding hydrogens is 1650 g/mol. The first-order valence-corrected chi connectivity index (χ1v) is 45.5. The molecule has 0 fully saturated rings. The average molecular weight is 1730 g/mol. The van der Waals surface area contributed by atoms with Crippen LogP contribution < -0.4 is 9.80 Å². The molecule has 0 N–H and O–H groups in total. The lowest BCUT2D eigenvalue weighted by molar-refractivity contribution is 0.595. The molecule has 0 atom stereocenters. The minimum absolute atomic E-state index is 0.449. The van der Waals surface area contributed by atoms with Crippen LogP contribution >= 0.6 is 0 Å². The highest BCUT2D eigenvalue weighted by Crippen LogP contribution is 2.57.